The first kappa shape index (κ1) is 17.8. The van der Waals surface area contributed by atoms with Gasteiger partial charge in [0, 0.05) is 36.8 Å². The van der Waals surface area contributed by atoms with Gasteiger partial charge in [-0.3, -0.25) is 9.59 Å². The lowest BCUT2D eigenvalue weighted by Gasteiger charge is -2.17. The van der Waals surface area contributed by atoms with Crippen molar-refractivity contribution in [2.45, 2.75) is 13.3 Å². The Hall–Kier alpha value is -3.55. The molecular weight excluding hydrogens is 363 g/mol. The molecule has 0 saturated carbocycles. The smallest absolute Gasteiger partial charge is 0.229 e. The van der Waals surface area contributed by atoms with Crippen LogP contribution in [0, 0.1) is 18.7 Å². The molecule has 0 unspecified atom stereocenters. The van der Waals surface area contributed by atoms with E-state index in [9.17, 15) is 14.0 Å². The molecule has 1 atom stereocenters. The van der Waals surface area contributed by atoms with Crippen molar-refractivity contribution in [3.05, 3.63) is 60.2 Å². The molecule has 28 heavy (non-hydrogen) atoms. The third-order valence-electron chi connectivity index (χ3n) is 4.53. The van der Waals surface area contributed by atoms with E-state index in [1.165, 1.54) is 18.2 Å². The van der Waals surface area contributed by atoms with Gasteiger partial charge in [0.1, 0.15) is 5.82 Å². The standard InChI is InChI=1S/C20H17FN4O3/c1-12-22-19(24-28-12)13-4-2-7-17(8-13)25-11-14(9-18(25)26)20(27)23-16-6-3-5-15(21)10-16/h2-8,10,14H,9,11H2,1H3,(H,23,27)/t14-/m0/s1. The number of benzene rings is 2. The molecule has 0 spiro atoms. The van der Waals surface area contributed by atoms with Gasteiger partial charge in [0.15, 0.2) is 0 Å². The Kier molecular flexibility index (Phi) is 4.60. The van der Waals surface area contributed by atoms with Crippen molar-refractivity contribution in [2.75, 3.05) is 16.8 Å². The Morgan fingerprint density at radius 2 is 2.07 bits per heavy atom. The molecule has 1 saturated heterocycles. The fraction of sp³-hybridized carbons (Fsp3) is 0.200. The molecule has 8 heteroatoms. The molecule has 1 aliphatic heterocycles. The topological polar surface area (TPSA) is 88.3 Å². The maximum absolute atomic E-state index is 13.3. The predicted octanol–water partition coefficient (Wildman–Crippen LogP) is 3.18. The first-order chi connectivity index (χ1) is 13.5. The molecule has 2 amide bonds. The second-order valence-electron chi connectivity index (χ2n) is 6.59. The van der Waals surface area contributed by atoms with Gasteiger partial charge in [0.25, 0.3) is 0 Å². The largest absolute Gasteiger partial charge is 0.339 e. The van der Waals surface area contributed by atoms with Gasteiger partial charge in [-0.1, -0.05) is 23.4 Å². The highest BCUT2D eigenvalue weighted by molar-refractivity contribution is 6.03. The van der Waals surface area contributed by atoms with Crippen LogP contribution in [0.3, 0.4) is 0 Å². The number of carbonyl (C=O) groups excluding carboxylic acids is 2. The van der Waals surface area contributed by atoms with Gasteiger partial charge in [-0.05, 0) is 30.3 Å². The lowest BCUT2D eigenvalue weighted by atomic mass is 10.1. The van der Waals surface area contributed by atoms with Gasteiger partial charge in [-0.15, -0.1) is 0 Å². The Labute approximate surface area is 160 Å². The predicted molar refractivity (Wildman–Crippen MR) is 100.0 cm³/mol. The van der Waals surface area contributed by atoms with Crippen molar-refractivity contribution in [1.82, 2.24) is 10.1 Å². The van der Waals surface area contributed by atoms with Crippen LogP contribution >= 0.6 is 0 Å². The van der Waals surface area contributed by atoms with E-state index in [1.54, 1.807) is 36.1 Å². The summed E-state index contributed by atoms with van der Waals surface area (Å²) in [5.41, 5.74) is 1.74. The van der Waals surface area contributed by atoms with Crippen LogP contribution in [0.25, 0.3) is 11.4 Å². The minimum atomic E-state index is -0.521. The van der Waals surface area contributed by atoms with Gasteiger partial charge in [-0.2, -0.15) is 4.98 Å². The lowest BCUT2D eigenvalue weighted by Crippen LogP contribution is -2.28. The van der Waals surface area contributed by atoms with Crippen molar-refractivity contribution in [3.63, 3.8) is 0 Å². The number of halogens is 1. The van der Waals surface area contributed by atoms with Crippen molar-refractivity contribution in [1.29, 1.82) is 0 Å². The molecular formula is C20H17FN4O3. The molecule has 1 aromatic heterocycles. The molecule has 3 aromatic rings. The maximum Gasteiger partial charge on any atom is 0.229 e. The molecule has 0 aliphatic carbocycles. The quantitative estimate of drug-likeness (QED) is 0.751. The summed E-state index contributed by atoms with van der Waals surface area (Å²) in [7, 11) is 0. The summed E-state index contributed by atoms with van der Waals surface area (Å²) < 4.78 is 18.3. The normalized spacial score (nSPS) is 16.4. The molecule has 1 fully saturated rings. The second kappa shape index (κ2) is 7.22. The monoisotopic (exact) mass is 380 g/mol. The van der Waals surface area contributed by atoms with Crippen molar-refractivity contribution >= 4 is 23.2 Å². The summed E-state index contributed by atoms with van der Waals surface area (Å²) in [6, 6.07) is 12.9. The average Bonchev–Trinajstić information content (AvgIpc) is 3.28. The van der Waals surface area contributed by atoms with E-state index in [0.717, 1.165) is 5.56 Å². The average molecular weight is 380 g/mol. The molecule has 4 rings (SSSR count). The van der Waals surface area contributed by atoms with E-state index in [4.69, 9.17) is 4.52 Å². The molecule has 1 aliphatic rings. The van der Waals surface area contributed by atoms with E-state index < -0.39 is 11.7 Å². The van der Waals surface area contributed by atoms with Crippen LogP contribution in [0.2, 0.25) is 0 Å². The van der Waals surface area contributed by atoms with Crippen LogP contribution < -0.4 is 10.2 Å². The lowest BCUT2D eigenvalue weighted by molar-refractivity contribution is -0.122. The summed E-state index contributed by atoms with van der Waals surface area (Å²) in [4.78, 5) is 30.7. The van der Waals surface area contributed by atoms with Crippen LogP contribution in [0.1, 0.15) is 12.3 Å². The summed E-state index contributed by atoms with van der Waals surface area (Å²) >= 11 is 0. The second-order valence-corrected chi connectivity index (χ2v) is 6.59. The van der Waals surface area contributed by atoms with Crippen molar-refractivity contribution < 1.29 is 18.5 Å². The number of anilines is 2. The van der Waals surface area contributed by atoms with Gasteiger partial charge < -0.3 is 14.7 Å². The maximum atomic E-state index is 13.3. The Bertz CT molecular complexity index is 1050. The van der Waals surface area contributed by atoms with Crippen LogP contribution in [0.15, 0.2) is 53.1 Å². The Morgan fingerprint density at radius 3 is 2.82 bits per heavy atom. The van der Waals surface area contributed by atoms with Crippen LogP contribution in [0.4, 0.5) is 15.8 Å². The van der Waals surface area contributed by atoms with Crippen LogP contribution in [0.5, 0.6) is 0 Å². The fourth-order valence-corrected chi connectivity index (χ4v) is 3.17. The number of rotatable bonds is 4. The fourth-order valence-electron chi connectivity index (χ4n) is 3.17. The van der Waals surface area contributed by atoms with Gasteiger partial charge in [-0.25, -0.2) is 4.39 Å². The number of nitrogens with one attached hydrogen (secondary N) is 1. The summed E-state index contributed by atoms with van der Waals surface area (Å²) in [6.07, 6.45) is 0.0900. The van der Waals surface area contributed by atoms with Crippen LogP contribution in [-0.2, 0) is 9.59 Å². The summed E-state index contributed by atoms with van der Waals surface area (Å²) in [5, 5.41) is 6.55. The zero-order valence-corrected chi connectivity index (χ0v) is 15.1. The van der Waals surface area contributed by atoms with E-state index in [1.807, 2.05) is 6.07 Å². The van der Waals surface area contributed by atoms with Crippen molar-refractivity contribution in [2.24, 2.45) is 5.92 Å². The molecule has 7 nitrogen and oxygen atoms in total. The molecule has 142 valence electrons. The number of hydrogen-bond donors (Lipinski definition) is 1. The highest BCUT2D eigenvalue weighted by Crippen LogP contribution is 2.29. The number of aryl methyl sites for hydroxylation is 1. The minimum Gasteiger partial charge on any atom is -0.339 e. The number of hydrogen-bond acceptors (Lipinski definition) is 5. The molecule has 2 aromatic carbocycles. The summed E-state index contributed by atoms with van der Waals surface area (Å²) in [5.74, 6) is -0.535. The number of aromatic nitrogens is 2. The van der Waals surface area contributed by atoms with E-state index in [0.29, 0.717) is 23.1 Å². The van der Waals surface area contributed by atoms with Gasteiger partial charge >= 0.3 is 0 Å². The zero-order valence-electron chi connectivity index (χ0n) is 15.1. The zero-order chi connectivity index (χ0) is 19.7. The van der Waals surface area contributed by atoms with E-state index in [-0.39, 0.29) is 24.8 Å². The Morgan fingerprint density at radius 1 is 1.25 bits per heavy atom. The first-order valence-corrected chi connectivity index (χ1v) is 8.77. The third-order valence-corrected chi connectivity index (χ3v) is 4.53. The molecule has 2 heterocycles. The molecule has 0 radical (unpaired) electrons. The van der Waals surface area contributed by atoms with Crippen molar-refractivity contribution in [3.8, 4) is 11.4 Å². The highest BCUT2D eigenvalue weighted by atomic mass is 19.1. The molecule has 0 bridgehead atoms. The first-order valence-electron chi connectivity index (χ1n) is 8.77. The van der Waals surface area contributed by atoms with E-state index >= 15 is 0 Å². The number of carbonyl (C=O) groups is 2. The van der Waals surface area contributed by atoms with Gasteiger partial charge in [0.2, 0.25) is 23.5 Å². The minimum absolute atomic E-state index is 0.0900. The van der Waals surface area contributed by atoms with Crippen LogP contribution in [-0.4, -0.2) is 28.5 Å². The number of nitrogens with zero attached hydrogens (tertiary/aromatic N) is 3. The third kappa shape index (κ3) is 3.62. The van der Waals surface area contributed by atoms with E-state index in [2.05, 4.69) is 15.5 Å². The SMILES string of the molecule is Cc1nc(-c2cccc(N3C[C@@H](C(=O)Nc4cccc(F)c4)CC3=O)c2)no1. The number of amides is 2. The van der Waals surface area contributed by atoms with Gasteiger partial charge in [0.05, 0.1) is 5.92 Å². The Balaban J connectivity index is 1.50. The molecule has 1 N–H and O–H groups in total. The summed E-state index contributed by atoms with van der Waals surface area (Å²) in [6.45, 7) is 1.95. The highest BCUT2D eigenvalue weighted by Gasteiger charge is 2.35.